The molecule has 0 radical (unpaired) electrons. The van der Waals surface area contributed by atoms with Crippen LogP contribution in [0.4, 0.5) is 5.69 Å². The summed E-state index contributed by atoms with van der Waals surface area (Å²) in [5.41, 5.74) is 3.89. The number of nitrogens with zero attached hydrogens (tertiary/aromatic N) is 1. The van der Waals surface area contributed by atoms with Crippen molar-refractivity contribution >= 4 is 11.6 Å². The van der Waals surface area contributed by atoms with E-state index >= 15 is 0 Å². The van der Waals surface area contributed by atoms with Crippen molar-refractivity contribution < 1.29 is 14.3 Å². The highest BCUT2D eigenvalue weighted by molar-refractivity contribution is 6.07. The Balaban J connectivity index is 2.02. The van der Waals surface area contributed by atoms with E-state index in [0.717, 1.165) is 33.9 Å². The number of rotatable bonds is 11. The lowest BCUT2D eigenvalue weighted by Gasteiger charge is -2.16. The van der Waals surface area contributed by atoms with Gasteiger partial charge >= 0.3 is 0 Å². The number of carbonyl (C=O) groups excluding carboxylic acids is 1. The van der Waals surface area contributed by atoms with Crippen LogP contribution in [0.25, 0.3) is 0 Å². The van der Waals surface area contributed by atoms with E-state index in [4.69, 9.17) is 9.47 Å². The molecule has 0 spiro atoms. The van der Waals surface area contributed by atoms with Crippen LogP contribution in [0.2, 0.25) is 0 Å². The lowest BCUT2D eigenvalue weighted by Crippen LogP contribution is -2.19. The molecule has 0 bridgehead atoms. The third-order valence-corrected chi connectivity index (χ3v) is 4.94. The molecular weight excluding hydrogens is 402 g/mol. The first-order chi connectivity index (χ1) is 15.4. The molecule has 1 amide bonds. The SMILES string of the molecule is CCOc1ccc(CCN/C=C(/C#N)C(=O)Nc2c(C)cccc2C(C)C)cc1OCC. The highest BCUT2D eigenvalue weighted by Crippen LogP contribution is 2.29. The van der Waals surface area contributed by atoms with Gasteiger partial charge in [-0.1, -0.05) is 38.1 Å². The number of aryl methyl sites for hydroxylation is 1. The second kappa shape index (κ2) is 12.4. The average molecular weight is 436 g/mol. The fourth-order valence-corrected chi connectivity index (χ4v) is 3.31. The zero-order valence-corrected chi connectivity index (χ0v) is 19.6. The monoisotopic (exact) mass is 435 g/mol. The maximum Gasteiger partial charge on any atom is 0.267 e. The number of hydrogen-bond acceptors (Lipinski definition) is 5. The topological polar surface area (TPSA) is 83.4 Å². The first kappa shape index (κ1) is 24.8. The van der Waals surface area contributed by atoms with Gasteiger partial charge in [-0.05, 0) is 61.9 Å². The fourth-order valence-electron chi connectivity index (χ4n) is 3.31. The van der Waals surface area contributed by atoms with Crippen LogP contribution in [-0.4, -0.2) is 25.7 Å². The Morgan fingerprint density at radius 2 is 1.84 bits per heavy atom. The molecule has 6 nitrogen and oxygen atoms in total. The minimum atomic E-state index is -0.420. The largest absolute Gasteiger partial charge is 0.490 e. The van der Waals surface area contributed by atoms with Crippen LogP contribution in [0.5, 0.6) is 11.5 Å². The summed E-state index contributed by atoms with van der Waals surface area (Å²) in [5.74, 6) is 1.29. The number of para-hydroxylation sites is 1. The van der Waals surface area contributed by atoms with Gasteiger partial charge in [0.1, 0.15) is 11.6 Å². The zero-order valence-electron chi connectivity index (χ0n) is 19.6. The molecule has 0 fully saturated rings. The minimum absolute atomic E-state index is 0.0321. The lowest BCUT2D eigenvalue weighted by molar-refractivity contribution is -0.112. The molecule has 0 unspecified atom stereocenters. The van der Waals surface area contributed by atoms with Crippen molar-refractivity contribution in [2.75, 3.05) is 25.1 Å². The highest BCUT2D eigenvalue weighted by atomic mass is 16.5. The molecule has 6 heteroatoms. The predicted octanol–water partition coefficient (Wildman–Crippen LogP) is 5.09. The van der Waals surface area contributed by atoms with Crippen LogP contribution in [0, 0.1) is 18.3 Å². The van der Waals surface area contributed by atoms with Gasteiger partial charge in [-0.3, -0.25) is 4.79 Å². The van der Waals surface area contributed by atoms with E-state index in [1.807, 2.05) is 63.2 Å². The Hall–Kier alpha value is -3.46. The van der Waals surface area contributed by atoms with Gasteiger partial charge in [0.2, 0.25) is 0 Å². The van der Waals surface area contributed by atoms with Gasteiger partial charge in [0.05, 0.1) is 13.2 Å². The molecule has 170 valence electrons. The molecule has 0 saturated heterocycles. The number of ether oxygens (including phenoxy) is 2. The summed E-state index contributed by atoms with van der Waals surface area (Å²) in [6.45, 7) is 11.7. The molecule has 0 aliphatic heterocycles. The van der Waals surface area contributed by atoms with Gasteiger partial charge in [-0.25, -0.2) is 0 Å². The van der Waals surface area contributed by atoms with E-state index in [2.05, 4.69) is 24.5 Å². The van der Waals surface area contributed by atoms with Gasteiger partial charge in [0, 0.05) is 18.4 Å². The van der Waals surface area contributed by atoms with Crippen molar-refractivity contribution in [2.24, 2.45) is 0 Å². The third kappa shape index (κ3) is 6.78. The average Bonchev–Trinajstić information content (AvgIpc) is 2.76. The molecule has 0 aliphatic rings. The number of carbonyl (C=O) groups is 1. The van der Waals surface area contributed by atoms with E-state index in [9.17, 15) is 10.1 Å². The van der Waals surface area contributed by atoms with Crippen molar-refractivity contribution in [2.45, 2.75) is 47.0 Å². The minimum Gasteiger partial charge on any atom is -0.490 e. The van der Waals surface area contributed by atoms with Crippen LogP contribution in [0.15, 0.2) is 48.2 Å². The van der Waals surface area contributed by atoms with Crippen molar-refractivity contribution in [1.29, 1.82) is 5.26 Å². The summed E-state index contributed by atoms with van der Waals surface area (Å²) < 4.78 is 11.3. The Morgan fingerprint density at radius 3 is 2.50 bits per heavy atom. The first-order valence-electron chi connectivity index (χ1n) is 11.0. The zero-order chi connectivity index (χ0) is 23.5. The van der Waals surface area contributed by atoms with E-state index in [1.165, 1.54) is 6.20 Å². The number of benzene rings is 2. The number of hydrogen-bond donors (Lipinski definition) is 2. The maximum absolute atomic E-state index is 12.7. The van der Waals surface area contributed by atoms with E-state index in [1.54, 1.807) is 0 Å². The maximum atomic E-state index is 12.7. The molecule has 2 aromatic carbocycles. The molecule has 2 rings (SSSR count). The summed E-state index contributed by atoms with van der Waals surface area (Å²) in [6.07, 6.45) is 2.18. The van der Waals surface area contributed by atoms with Crippen LogP contribution < -0.4 is 20.1 Å². The third-order valence-electron chi connectivity index (χ3n) is 4.94. The van der Waals surface area contributed by atoms with Crippen LogP contribution in [-0.2, 0) is 11.2 Å². The van der Waals surface area contributed by atoms with Crippen LogP contribution in [0.1, 0.15) is 50.3 Å². The molecule has 32 heavy (non-hydrogen) atoms. The molecule has 2 aromatic rings. The van der Waals surface area contributed by atoms with E-state index < -0.39 is 5.91 Å². The van der Waals surface area contributed by atoms with Crippen molar-refractivity contribution in [3.05, 3.63) is 64.9 Å². The molecule has 0 aliphatic carbocycles. The normalized spacial score (nSPS) is 11.1. The summed E-state index contributed by atoms with van der Waals surface area (Å²) in [7, 11) is 0. The van der Waals surface area contributed by atoms with Gasteiger partial charge < -0.3 is 20.1 Å². The Bertz CT molecular complexity index is 990. The molecular formula is C26H33N3O3. The molecule has 2 N–H and O–H groups in total. The molecule has 0 atom stereocenters. The smallest absolute Gasteiger partial charge is 0.267 e. The van der Waals surface area contributed by atoms with Crippen molar-refractivity contribution in [3.8, 4) is 17.6 Å². The molecule has 0 aromatic heterocycles. The predicted molar refractivity (Wildman–Crippen MR) is 128 cm³/mol. The van der Waals surface area contributed by atoms with Gasteiger partial charge in [0.25, 0.3) is 5.91 Å². The Morgan fingerprint density at radius 1 is 1.12 bits per heavy atom. The molecule has 0 heterocycles. The number of nitrogens with one attached hydrogen (secondary N) is 2. The standard InChI is InChI=1S/C26H33N3O3/c1-6-31-23-12-11-20(15-24(23)32-7-2)13-14-28-17-21(16-27)26(30)29-25-19(5)9-8-10-22(25)18(3)4/h8-12,15,17-18,28H,6-7,13-14H2,1-5H3,(H,29,30)/b21-17-. The van der Waals surface area contributed by atoms with Crippen LogP contribution in [0.3, 0.4) is 0 Å². The fraction of sp³-hybridized carbons (Fsp3) is 0.385. The van der Waals surface area contributed by atoms with Gasteiger partial charge in [-0.2, -0.15) is 5.26 Å². The van der Waals surface area contributed by atoms with Crippen LogP contribution >= 0.6 is 0 Å². The summed E-state index contributed by atoms with van der Waals surface area (Å²) in [4.78, 5) is 12.7. The Kier molecular flexibility index (Phi) is 9.62. The molecule has 0 saturated carbocycles. The van der Waals surface area contributed by atoms with Crippen molar-refractivity contribution in [3.63, 3.8) is 0 Å². The lowest BCUT2D eigenvalue weighted by atomic mass is 9.98. The highest BCUT2D eigenvalue weighted by Gasteiger charge is 2.15. The summed E-state index contributed by atoms with van der Waals surface area (Å²) in [5, 5.41) is 15.5. The summed E-state index contributed by atoms with van der Waals surface area (Å²) >= 11 is 0. The van der Waals surface area contributed by atoms with E-state index in [0.29, 0.717) is 26.2 Å². The second-order valence-electron chi connectivity index (χ2n) is 7.67. The van der Waals surface area contributed by atoms with Crippen molar-refractivity contribution in [1.82, 2.24) is 5.32 Å². The Labute approximate surface area is 191 Å². The van der Waals surface area contributed by atoms with Gasteiger partial charge in [-0.15, -0.1) is 0 Å². The van der Waals surface area contributed by atoms with E-state index in [-0.39, 0.29) is 11.5 Å². The summed E-state index contributed by atoms with van der Waals surface area (Å²) in [6, 6.07) is 13.8. The first-order valence-corrected chi connectivity index (χ1v) is 11.0. The number of amides is 1. The quantitative estimate of drug-likeness (QED) is 0.292. The number of nitriles is 1. The second-order valence-corrected chi connectivity index (χ2v) is 7.67. The number of anilines is 1. The van der Waals surface area contributed by atoms with Gasteiger partial charge in [0.15, 0.2) is 11.5 Å².